The van der Waals surface area contributed by atoms with Crippen LogP contribution in [0.5, 0.6) is 5.75 Å². The van der Waals surface area contributed by atoms with E-state index in [2.05, 4.69) is 22.4 Å². The van der Waals surface area contributed by atoms with E-state index in [9.17, 15) is 4.79 Å². The molecule has 0 bridgehead atoms. The zero-order valence-electron chi connectivity index (χ0n) is 18.1. The molecular formula is C27H22N2O3S. The predicted molar refractivity (Wildman–Crippen MR) is 132 cm³/mol. The number of aromatic nitrogens is 1. The van der Waals surface area contributed by atoms with E-state index in [1.807, 2.05) is 79.0 Å². The molecule has 2 heterocycles. The molecule has 0 unspecified atom stereocenters. The lowest BCUT2D eigenvalue weighted by Crippen LogP contribution is -2.11. The summed E-state index contributed by atoms with van der Waals surface area (Å²) in [5.41, 5.74) is 4.36. The molecule has 164 valence electrons. The molecule has 5 nitrogen and oxygen atoms in total. The number of rotatable bonds is 7. The van der Waals surface area contributed by atoms with Crippen molar-refractivity contribution in [3.8, 4) is 17.2 Å². The first-order valence-corrected chi connectivity index (χ1v) is 11.6. The zero-order chi connectivity index (χ0) is 22.6. The third-order valence-electron chi connectivity index (χ3n) is 5.25. The van der Waals surface area contributed by atoms with Crippen LogP contribution in [0.4, 0.5) is 5.13 Å². The van der Waals surface area contributed by atoms with Crippen molar-refractivity contribution in [1.82, 2.24) is 4.98 Å². The number of hydrogen-bond donors (Lipinski definition) is 1. The van der Waals surface area contributed by atoms with Crippen LogP contribution in [0.25, 0.3) is 22.4 Å². The maximum atomic E-state index is 12.7. The first-order chi connectivity index (χ1) is 16.2. The van der Waals surface area contributed by atoms with E-state index in [1.54, 1.807) is 0 Å². The number of anilines is 1. The molecule has 2 aromatic heterocycles. The highest BCUT2D eigenvalue weighted by Crippen LogP contribution is 2.34. The maximum absolute atomic E-state index is 12.7. The number of benzene rings is 3. The molecule has 0 saturated carbocycles. The van der Waals surface area contributed by atoms with Crippen LogP contribution in [0.2, 0.25) is 0 Å². The van der Waals surface area contributed by atoms with Gasteiger partial charge in [0.15, 0.2) is 22.2 Å². The van der Waals surface area contributed by atoms with E-state index in [1.165, 1.54) is 16.9 Å². The Labute approximate surface area is 195 Å². The van der Waals surface area contributed by atoms with Crippen molar-refractivity contribution in [3.05, 3.63) is 101 Å². The van der Waals surface area contributed by atoms with Crippen LogP contribution >= 0.6 is 11.3 Å². The number of nitrogens with zero attached hydrogens (tertiary/aromatic N) is 1. The normalized spacial score (nSPS) is 10.9. The van der Waals surface area contributed by atoms with Gasteiger partial charge in [-0.3, -0.25) is 10.1 Å². The molecule has 5 rings (SSSR count). The molecule has 0 atom stereocenters. The Kier molecular flexibility index (Phi) is 5.91. The average molecular weight is 455 g/mol. The van der Waals surface area contributed by atoms with Gasteiger partial charge in [-0.05, 0) is 48.7 Å². The predicted octanol–water partition coefficient (Wildman–Crippen LogP) is 6.80. The molecule has 1 amide bonds. The average Bonchev–Trinajstić information content (AvgIpc) is 3.48. The Hall–Kier alpha value is -3.90. The van der Waals surface area contributed by atoms with Crippen LogP contribution in [0.3, 0.4) is 0 Å². The van der Waals surface area contributed by atoms with Crippen molar-refractivity contribution in [2.45, 2.75) is 13.3 Å². The summed E-state index contributed by atoms with van der Waals surface area (Å²) >= 11 is 1.36. The van der Waals surface area contributed by atoms with E-state index in [4.69, 9.17) is 9.15 Å². The van der Waals surface area contributed by atoms with Crippen molar-refractivity contribution >= 4 is 33.3 Å². The fraction of sp³-hybridized carbons (Fsp3) is 0.111. The summed E-state index contributed by atoms with van der Waals surface area (Å²) in [4.78, 5) is 17.2. The second-order valence-corrected chi connectivity index (χ2v) is 8.43. The summed E-state index contributed by atoms with van der Waals surface area (Å²) in [5, 5.41) is 6.23. The van der Waals surface area contributed by atoms with Gasteiger partial charge in [0.25, 0.3) is 5.91 Å². The lowest BCUT2D eigenvalue weighted by molar-refractivity contribution is 0.102. The lowest BCUT2D eigenvalue weighted by atomic mass is 10.0. The highest BCUT2D eigenvalue weighted by molar-refractivity contribution is 7.14. The summed E-state index contributed by atoms with van der Waals surface area (Å²) in [5.74, 6) is 1.16. The molecule has 0 aliphatic rings. The summed E-state index contributed by atoms with van der Waals surface area (Å²) in [6.07, 6.45) is 0.834. The molecule has 6 heteroatoms. The molecule has 33 heavy (non-hydrogen) atoms. The van der Waals surface area contributed by atoms with Gasteiger partial charge in [0.1, 0.15) is 5.69 Å². The van der Waals surface area contributed by atoms with Gasteiger partial charge in [0.2, 0.25) is 0 Å². The van der Waals surface area contributed by atoms with Crippen molar-refractivity contribution < 1.29 is 13.9 Å². The fourth-order valence-corrected chi connectivity index (χ4v) is 4.35. The van der Waals surface area contributed by atoms with Gasteiger partial charge in [0.05, 0.1) is 6.61 Å². The number of furan rings is 1. The molecule has 0 aliphatic heterocycles. The van der Waals surface area contributed by atoms with Crippen LogP contribution in [-0.4, -0.2) is 17.5 Å². The number of amides is 1. The highest BCUT2D eigenvalue weighted by Gasteiger charge is 2.15. The number of carbonyl (C=O) groups is 1. The molecule has 5 aromatic rings. The second-order valence-electron chi connectivity index (χ2n) is 7.57. The third kappa shape index (κ3) is 4.66. The number of para-hydroxylation sites is 1. The monoisotopic (exact) mass is 454 g/mol. The van der Waals surface area contributed by atoms with Crippen LogP contribution < -0.4 is 10.1 Å². The van der Waals surface area contributed by atoms with Gasteiger partial charge >= 0.3 is 0 Å². The highest BCUT2D eigenvalue weighted by atomic mass is 32.1. The first-order valence-electron chi connectivity index (χ1n) is 10.7. The van der Waals surface area contributed by atoms with E-state index < -0.39 is 0 Å². The van der Waals surface area contributed by atoms with E-state index in [0.717, 1.165) is 17.4 Å². The second kappa shape index (κ2) is 9.30. The largest absolute Gasteiger partial charge is 0.490 e. The minimum absolute atomic E-state index is 0.189. The van der Waals surface area contributed by atoms with E-state index in [0.29, 0.717) is 40.1 Å². The fourth-order valence-electron chi connectivity index (χ4n) is 3.65. The van der Waals surface area contributed by atoms with Crippen LogP contribution in [0.1, 0.15) is 28.4 Å². The van der Waals surface area contributed by atoms with Gasteiger partial charge in [-0.25, -0.2) is 4.98 Å². The van der Waals surface area contributed by atoms with Crippen molar-refractivity contribution in [2.24, 2.45) is 0 Å². The molecule has 0 fully saturated rings. The summed E-state index contributed by atoms with van der Waals surface area (Å²) in [7, 11) is 0. The molecule has 0 radical (unpaired) electrons. The van der Waals surface area contributed by atoms with Gasteiger partial charge in [0, 0.05) is 16.3 Å². The van der Waals surface area contributed by atoms with Gasteiger partial charge < -0.3 is 9.15 Å². The number of thiazole rings is 1. The Bertz CT molecular complexity index is 1390. The number of hydrogen-bond acceptors (Lipinski definition) is 5. The summed E-state index contributed by atoms with van der Waals surface area (Å²) < 4.78 is 11.7. The number of carbonyl (C=O) groups excluding carboxylic acids is 1. The third-order valence-corrected chi connectivity index (χ3v) is 6.01. The summed E-state index contributed by atoms with van der Waals surface area (Å²) in [6.45, 7) is 2.50. The Morgan fingerprint density at radius 1 is 1.00 bits per heavy atom. The summed E-state index contributed by atoms with van der Waals surface area (Å²) in [6, 6.07) is 25.7. The maximum Gasteiger partial charge on any atom is 0.257 e. The van der Waals surface area contributed by atoms with Crippen molar-refractivity contribution in [1.29, 1.82) is 0 Å². The van der Waals surface area contributed by atoms with Gasteiger partial charge in [-0.2, -0.15) is 0 Å². The Morgan fingerprint density at radius 3 is 2.58 bits per heavy atom. The SMILES string of the molecule is CCOc1cccc2cc(-c3csc(NC(=O)c4ccc(Cc5ccccc5)cc4)n3)oc12. The molecule has 0 aliphatic carbocycles. The number of fused-ring (bicyclic) bond motifs is 1. The quantitative estimate of drug-likeness (QED) is 0.294. The van der Waals surface area contributed by atoms with Gasteiger partial charge in [-0.15, -0.1) is 11.3 Å². The Morgan fingerprint density at radius 2 is 1.79 bits per heavy atom. The van der Waals surface area contributed by atoms with Crippen LogP contribution in [0, 0.1) is 0 Å². The lowest BCUT2D eigenvalue weighted by Gasteiger charge is -2.05. The first kappa shape index (κ1) is 21.0. The number of nitrogens with one attached hydrogen (secondary N) is 1. The molecular weight excluding hydrogens is 432 g/mol. The minimum atomic E-state index is -0.189. The molecule has 1 N–H and O–H groups in total. The molecule has 0 saturated heterocycles. The van der Waals surface area contributed by atoms with Crippen LogP contribution in [0.15, 0.2) is 88.7 Å². The number of ether oxygens (including phenoxy) is 1. The minimum Gasteiger partial charge on any atom is -0.490 e. The zero-order valence-corrected chi connectivity index (χ0v) is 18.9. The van der Waals surface area contributed by atoms with Gasteiger partial charge in [-0.1, -0.05) is 54.6 Å². The Balaban J connectivity index is 1.28. The molecule has 0 spiro atoms. The standard InChI is InChI=1S/C27H22N2O3S/c1-2-31-23-10-6-9-21-16-24(32-25(21)23)22-17-33-27(28-22)29-26(30)20-13-11-19(12-14-20)15-18-7-4-3-5-8-18/h3-14,16-17H,2,15H2,1H3,(H,28,29,30). The smallest absolute Gasteiger partial charge is 0.257 e. The topological polar surface area (TPSA) is 64.4 Å². The molecule has 3 aromatic carbocycles. The van der Waals surface area contributed by atoms with E-state index >= 15 is 0 Å². The van der Waals surface area contributed by atoms with Crippen molar-refractivity contribution in [2.75, 3.05) is 11.9 Å². The van der Waals surface area contributed by atoms with Crippen molar-refractivity contribution in [3.63, 3.8) is 0 Å². The van der Waals surface area contributed by atoms with Crippen LogP contribution in [-0.2, 0) is 6.42 Å². The van der Waals surface area contributed by atoms with E-state index in [-0.39, 0.29) is 5.91 Å².